The van der Waals surface area contributed by atoms with E-state index in [1.54, 1.807) is 0 Å². The van der Waals surface area contributed by atoms with E-state index >= 15 is 0 Å². The molecule has 142 valence electrons. The molecule has 0 aromatic heterocycles. The Morgan fingerprint density at radius 3 is 1.17 bits per heavy atom. The van der Waals surface area contributed by atoms with Crippen LogP contribution in [-0.4, -0.2) is 63.8 Å². The monoisotopic (exact) mass is 338 g/mol. The minimum atomic E-state index is 1.11. The van der Waals surface area contributed by atoms with E-state index in [-0.39, 0.29) is 0 Å². The summed E-state index contributed by atoms with van der Waals surface area (Å²) in [6.45, 7) is 10.4. The van der Waals surface area contributed by atoms with Gasteiger partial charge in [0.05, 0.1) is 54.9 Å². The van der Waals surface area contributed by atoms with Crippen molar-refractivity contribution in [3.63, 3.8) is 0 Å². The Morgan fingerprint density at radius 2 is 0.875 bits per heavy atom. The zero-order valence-corrected chi connectivity index (χ0v) is 18.0. The molecule has 0 unspecified atom stereocenters. The first-order chi connectivity index (χ1) is 11.2. The lowest BCUT2D eigenvalue weighted by Gasteiger charge is -2.28. The summed E-state index contributed by atoms with van der Waals surface area (Å²) in [6, 6.07) is 12.0. The predicted molar refractivity (Wildman–Crippen MR) is 111 cm³/mol. The molecule has 0 N–H and O–H groups in total. The third-order valence-electron chi connectivity index (χ3n) is 3.87. The molecule has 0 heterocycles. The second-order valence-electron chi connectivity index (χ2n) is 8.27. The van der Waals surface area contributed by atoms with Crippen molar-refractivity contribution in [1.82, 2.24) is 0 Å². The molecule has 0 atom stereocenters. The second-order valence-corrected chi connectivity index (χ2v) is 8.27. The van der Waals surface area contributed by atoms with Gasteiger partial charge in [-0.25, -0.2) is 0 Å². The maximum Gasteiger partial charge on any atom is 0.0782 e. The first kappa shape index (κ1) is 25.4. The van der Waals surface area contributed by atoms with E-state index in [0.29, 0.717) is 0 Å². The zero-order chi connectivity index (χ0) is 18.9. The Kier molecular flexibility index (Phi) is 16.6. The second kappa shape index (κ2) is 15.7. The zero-order valence-electron chi connectivity index (χ0n) is 18.0. The van der Waals surface area contributed by atoms with Crippen LogP contribution in [0.5, 0.6) is 0 Å². The smallest absolute Gasteiger partial charge is 0.0782 e. The largest absolute Gasteiger partial charge is 0.331 e. The van der Waals surface area contributed by atoms with Crippen LogP contribution in [0, 0.1) is 0 Å². The maximum absolute atomic E-state index is 2.33. The van der Waals surface area contributed by atoms with E-state index in [1.165, 1.54) is 56.2 Å². The molecule has 0 amide bonds. The van der Waals surface area contributed by atoms with Crippen LogP contribution in [0.1, 0.15) is 52.9 Å². The Labute approximate surface area is 153 Å². The highest BCUT2D eigenvalue weighted by Crippen LogP contribution is 2.06. The Morgan fingerprint density at radius 1 is 0.542 bits per heavy atom. The van der Waals surface area contributed by atoms with Crippen LogP contribution in [-0.2, 0) is 0 Å². The van der Waals surface area contributed by atoms with E-state index in [9.17, 15) is 0 Å². The highest BCUT2D eigenvalue weighted by molar-refractivity contribution is 4.99. The van der Waals surface area contributed by atoms with Gasteiger partial charge in [0, 0.05) is 0 Å². The molecule has 0 aliphatic heterocycles. The van der Waals surface area contributed by atoms with Gasteiger partial charge in [-0.3, -0.25) is 0 Å². The van der Waals surface area contributed by atoms with E-state index in [4.69, 9.17) is 0 Å². The van der Waals surface area contributed by atoms with Crippen LogP contribution in [0.15, 0.2) is 36.4 Å². The van der Waals surface area contributed by atoms with Crippen LogP contribution in [0.4, 0.5) is 0 Å². The van der Waals surface area contributed by atoms with E-state index in [2.05, 4.69) is 56.0 Å². The topological polar surface area (TPSA) is 0 Å². The summed E-state index contributed by atoms with van der Waals surface area (Å²) in [4.78, 5) is 0. The number of hydrogen-bond acceptors (Lipinski definition) is 0. The molecule has 0 aliphatic carbocycles. The molecule has 24 heavy (non-hydrogen) atoms. The number of benzene rings is 1. The molecule has 1 aromatic rings. The first-order valence-corrected chi connectivity index (χ1v) is 9.81. The SMILES string of the molecule is CCC.CC[N+](C)(C)CCCCCC[N+](C)(C)C.c1ccccc1. The Balaban J connectivity index is 0. The molecule has 1 aromatic carbocycles. The fourth-order valence-corrected chi connectivity index (χ4v) is 2.02. The van der Waals surface area contributed by atoms with Gasteiger partial charge in [-0.05, 0) is 32.6 Å². The van der Waals surface area contributed by atoms with Crippen LogP contribution in [0.3, 0.4) is 0 Å². The molecule has 0 saturated carbocycles. The van der Waals surface area contributed by atoms with Crippen LogP contribution >= 0.6 is 0 Å². The third kappa shape index (κ3) is 23.4. The quantitative estimate of drug-likeness (QED) is 0.436. The van der Waals surface area contributed by atoms with Crippen molar-refractivity contribution in [2.45, 2.75) is 52.9 Å². The van der Waals surface area contributed by atoms with Crippen molar-refractivity contribution in [3.8, 4) is 0 Å². The first-order valence-electron chi connectivity index (χ1n) is 9.81. The van der Waals surface area contributed by atoms with E-state index in [1.807, 2.05) is 36.4 Å². The summed E-state index contributed by atoms with van der Waals surface area (Å²) in [5.41, 5.74) is 0. The van der Waals surface area contributed by atoms with E-state index < -0.39 is 0 Å². The summed E-state index contributed by atoms with van der Waals surface area (Å²) >= 11 is 0. The normalized spacial score (nSPS) is 11.0. The number of hydrogen-bond donors (Lipinski definition) is 0. The summed E-state index contributed by atoms with van der Waals surface area (Å²) < 4.78 is 2.28. The minimum absolute atomic E-state index is 1.11. The van der Waals surface area contributed by atoms with Gasteiger partial charge in [-0.1, -0.05) is 56.7 Å². The van der Waals surface area contributed by atoms with Crippen LogP contribution in [0.2, 0.25) is 0 Å². The molecule has 0 fully saturated rings. The van der Waals surface area contributed by atoms with Gasteiger partial charge in [-0.2, -0.15) is 0 Å². The molecule has 2 nitrogen and oxygen atoms in total. The summed E-state index contributed by atoms with van der Waals surface area (Å²) in [5.74, 6) is 0. The molecule has 0 aliphatic rings. The molecular weight excluding hydrogens is 292 g/mol. The van der Waals surface area contributed by atoms with Gasteiger partial charge < -0.3 is 8.97 Å². The Bertz CT molecular complexity index is 312. The molecular formula is C22H46N2+2. The predicted octanol–water partition coefficient (Wildman–Crippen LogP) is 5.45. The molecule has 1 rings (SSSR count). The highest BCUT2D eigenvalue weighted by Gasteiger charge is 2.10. The molecule has 2 heteroatoms. The standard InChI is InChI=1S/C13H32N2.C6H6.C3H8/c1-7-15(5,6)13-11-9-8-10-12-14(2,3)4;1-2-4-6-5-3-1;1-3-2/h7-13H2,1-6H3;1-6H;3H2,1-2H3/q+2;;. The van der Waals surface area contributed by atoms with Gasteiger partial charge >= 0.3 is 0 Å². The van der Waals surface area contributed by atoms with Gasteiger partial charge in [0.2, 0.25) is 0 Å². The van der Waals surface area contributed by atoms with Gasteiger partial charge in [0.15, 0.2) is 0 Å². The van der Waals surface area contributed by atoms with Crippen molar-refractivity contribution in [2.75, 3.05) is 54.9 Å². The van der Waals surface area contributed by atoms with Gasteiger partial charge in [0.1, 0.15) is 0 Å². The van der Waals surface area contributed by atoms with E-state index in [0.717, 1.165) is 4.48 Å². The summed E-state index contributed by atoms with van der Waals surface area (Å²) in [5, 5.41) is 0. The van der Waals surface area contributed by atoms with Crippen molar-refractivity contribution in [1.29, 1.82) is 0 Å². The van der Waals surface area contributed by atoms with Crippen LogP contribution in [0.25, 0.3) is 0 Å². The minimum Gasteiger partial charge on any atom is -0.331 e. The van der Waals surface area contributed by atoms with Gasteiger partial charge in [0.25, 0.3) is 0 Å². The molecule has 0 saturated heterocycles. The lowest BCUT2D eigenvalue weighted by molar-refractivity contribution is -0.888. The highest BCUT2D eigenvalue weighted by atomic mass is 15.3. The summed E-state index contributed by atoms with van der Waals surface area (Å²) in [6.07, 6.45) is 6.82. The average Bonchev–Trinajstić information content (AvgIpc) is 2.53. The number of nitrogens with zero attached hydrogens (tertiary/aromatic N) is 2. The van der Waals surface area contributed by atoms with Crippen molar-refractivity contribution >= 4 is 0 Å². The van der Waals surface area contributed by atoms with Crippen molar-refractivity contribution < 1.29 is 8.97 Å². The number of unbranched alkanes of at least 4 members (excludes halogenated alkanes) is 3. The number of rotatable bonds is 8. The summed E-state index contributed by atoms with van der Waals surface area (Å²) in [7, 11) is 11.5. The molecule has 0 spiro atoms. The third-order valence-corrected chi connectivity index (χ3v) is 3.87. The van der Waals surface area contributed by atoms with Crippen molar-refractivity contribution in [3.05, 3.63) is 36.4 Å². The lowest BCUT2D eigenvalue weighted by Crippen LogP contribution is -2.39. The fraction of sp³-hybridized carbons (Fsp3) is 0.727. The molecule has 0 bridgehead atoms. The fourth-order valence-electron chi connectivity index (χ4n) is 2.02. The Hall–Kier alpha value is -0.860. The number of quaternary nitrogens is 2. The lowest BCUT2D eigenvalue weighted by atomic mass is 10.1. The van der Waals surface area contributed by atoms with Crippen molar-refractivity contribution in [2.24, 2.45) is 0 Å². The molecule has 0 radical (unpaired) electrons. The average molecular weight is 339 g/mol. The van der Waals surface area contributed by atoms with Crippen LogP contribution < -0.4 is 0 Å². The van der Waals surface area contributed by atoms with Gasteiger partial charge in [-0.15, -0.1) is 0 Å². The maximum atomic E-state index is 2.33.